The summed E-state index contributed by atoms with van der Waals surface area (Å²) < 4.78 is 37.4. The van der Waals surface area contributed by atoms with E-state index in [-0.39, 0.29) is 0 Å². The van der Waals surface area contributed by atoms with Gasteiger partial charge in [-0.2, -0.15) is 0 Å². The summed E-state index contributed by atoms with van der Waals surface area (Å²) in [4.78, 5) is 24.1. The molecular weight excluding hydrogens is 392 g/mol. The number of para-hydroxylation sites is 1. The van der Waals surface area contributed by atoms with Crippen LogP contribution in [0.5, 0.6) is 5.75 Å². The topological polar surface area (TPSA) is 64.6 Å². The molecule has 3 aromatic carbocycles. The first kappa shape index (κ1) is 21.0. The first-order valence-electron chi connectivity index (χ1n) is 9.09. The lowest BCUT2D eigenvalue weighted by atomic mass is 10.1. The Hall–Kier alpha value is -3.74. The summed E-state index contributed by atoms with van der Waals surface area (Å²) in [6.45, 7) is 1.31. The number of esters is 1. The zero-order valence-corrected chi connectivity index (χ0v) is 16.3. The van der Waals surface area contributed by atoms with E-state index in [0.29, 0.717) is 0 Å². The van der Waals surface area contributed by atoms with E-state index >= 15 is 0 Å². The molecule has 0 fully saturated rings. The number of anilines is 1. The zero-order chi connectivity index (χ0) is 21.7. The van der Waals surface area contributed by atoms with Crippen LogP contribution in [0.3, 0.4) is 0 Å². The third-order valence-corrected chi connectivity index (χ3v) is 4.36. The summed E-state index contributed by atoms with van der Waals surface area (Å²) in [7, 11) is 1.60. The van der Waals surface area contributed by atoms with Crippen LogP contribution in [0.1, 0.15) is 12.5 Å². The molecule has 0 aromatic heterocycles. The second kappa shape index (κ2) is 9.17. The number of amides is 1. The highest BCUT2D eigenvalue weighted by Crippen LogP contribution is 2.22. The van der Waals surface area contributed by atoms with E-state index in [2.05, 4.69) is 5.32 Å². The summed E-state index contributed by atoms with van der Waals surface area (Å²) in [6, 6.07) is 14.4. The number of rotatable bonds is 6. The number of ether oxygens (including phenoxy) is 2. The van der Waals surface area contributed by atoms with E-state index in [1.54, 1.807) is 13.2 Å². The van der Waals surface area contributed by atoms with Crippen LogP contribution >= 0.6 is 0 Å². The molecule has 5 nitrogen and oxygen atoms in total. The summed E-state index contributed by atoms with van der Waals surface area (Å²) in [6.07, 6.45) is 1.48. The van der Waals surface area contributed by atoms with Gasteiger partial charge in [-0.3, -0.25) is 4.79 Å². The van der Waals surface area contributed by atoms with Gasteiger partial charge in [0.1, 0.15) is 23.1 Å². The molecular formula is C23H19F2NO4. The van der Waals surface area contributed by atoms with Crippen LogP contribution in [-0.4, -0.2) is 25.1 Å². The predicted molar refractivity (Wildman–Crippen MR) is 110 cm³/mol. The van der Waals surface area contributed by atoms with E-state index in [0.717, 1.165) is 34.2 Å². The van der Waals surface area contributed by atoms with Gasteiger partial charge in [0.15, 0.2) is 6.10 Å². The Bertz CT molecular complexity index is 1110. The minimum absolute atomic E-state index is 0.589. The molecule has 0 saturated heterocycles. The molecule has 0 radical (unpaired) electrons. The van der Waals surface area contributed by atoms with Gasteiger partial charge in [-0.15, -0.1) is 0 Å². The van der Waals surface area contributed by atoms with E-state index in [1.165, 1.54) is 19.1 Å². The lowest BCUT2D eigenvalue weighted by molar-refractivity contribution is -0.148. The normalized spacial score (nSPS) is 12.0. The molecule has 1 N–H and O–H groups in total. The number of halogens is 2. The SMILES string of the molecule is COc1ccc2cc(/C=C/C(=O)O[C@@H](C)C(=O)Nc3c(F)cccc3F)ccc2c1. The largest absolute Gasteiger partial charge is 0.497 e. The fourth-order valence-corrected chi connectivity index (χ4v) is 2.75. The average Bonchev–Trinajstić information content (AvgIpc) is 2.74. The molecule has 0 aliphatic rings. The van der Waals surface area contributed by atoms with Gasteiger partial charge in [0.2, 0.25) is 0 Å². The molecule has 0 aliphatic heterocycles. The summed E-state index contributed by atoms with van der Waals surface area (Å²) in [5, 5.41) is 4.04. The molecule has 1 amide bonds. The fraction of sp³-hybridized carbons (Fsp3) is 0.130. The van der Waals surface area contributed by atoms with E-state index in [4.69, 9.17) is 9.47 Å². The van der Waals surface area contributed by atoms with Crippen LogP contribution in [0.2, 0.25) is 0 Å². The quantitative estimate of drug-likeness (QED) is 0.471. The standard InChI is InChI=1S/C23H19F2NO4/c1-14(23(28)26-22-19(24)4-3-5-20(22)25)30-21(27)11-7-15-6-8-17-13-18(29-2)10-9-16(17)12-15/h3-14H,1-2H3,(H,26,28)/b11-7+/t14-/m0/s1. The van der Waals surface area contributed by atoms with Crippen molar-refractivity contribution in [3.05, 3.63) is 77.9 Å². The monoisotopic (exact) mass is 411 g/mol. The Morgan fingerprint density at radius 2 is 1.67 bits per heavy atom. The van der Waals surface area contributed by atoms with Crippen molar-refractivity contribution < 1.29 is 27.8 Å². The predicted octanol–water partition coefficient (Wildman–Crippen LogP) is 4.71. The van der Waals surface area contributed by atoms with Gasteiger partial charge >= 0.3 is 5.97 Å². The minimum Gasteiger partial charge on any atom is -0.497 e. The Kier molecular flexibility index (Phi) is 6.41. The molecule has 30 heavy (non-hydrogen) atoms. The highest BCUT2D eigenvalue weighted by Gasteiger charge is 2.19. The van der Waals surface area contributed by atoms with Gasteiger partial charge in [-0.25, -0.2) is 13.6 Å². The number of fused-ring (bicyclic) bond motifs is 1. The Balaban J connectivity index is 1.62. The van der Waals surface area contributed by atoms with E-state index in [1.807, 2.05) is 36.4 Å². The van der Waals surface area contributed by atoms with Crippen molar-refractivity contribution in [1.82, 2.24) is 0 Å². The number of carbonyl (C=O) groups excluding carboxylic acids is 2. The minimum atomic E-state index is -1.25. The Labute approximate surface area is 171 Å². The number of carbonyl (C=O) groups is 2. The van der Waals surface area contributed by atoms with Crippen molar-refractivity contribution >= 4 is 34.4 Å². The van der Waals surface area contributed by atoms with Gasteiger partial charge in [-0.1, -0.05) is 24.3 Å². The lowest BCUT2D eigenvalue weighted by Gasteiger charge is -2.13. The molecule has 7 heteroatoms. The van der Waals surface area contributed by atoms with Crippen LogP contribution in [0, 0.1) is 11.6 Å². The number of nitrogens with one attached hydrogen (secondary N) is 1. The molecule has 3 rings (SSSR count). The molecule has 0 saturated carbocycles. The number of hydrogen-bond acceptors (Lipinski definition) is 4. The first-order chi connectivity index (χ1) is 14.4. The van der Waals surface area contributed by atoms with Crippen LogP contribution < -0.4 is 10.1 Å². The summed E-state index contributed by atoms with van der Waals surface area (Å²) in [5.74, 6) is -2.70. The lowest BCUT2D eigenvalue weighted by Crippen LogP contribution is -2.30. The molecule has 0 aliphatic carbocycles. The fourth-order valence-electron chi connectivity index (χ4n) is 2.75. The summed E-state index contributed by atoms with van der Waals surface area (Å²) in [5.41, 5.74) is 0.170. The second-order valence-electron chi connectivity index (χ2n) is 6.47. The molecule has 0 unspecified atom stereocenters. The smallest absolute Gasteiger partial charge is 0.331 e. The van der Waals surface area contributed by atoms with Gasteiger partial charge in [0.05, 0.1) is 7.11 Å². The number of methoxy groups -OCH3 is 1. The molecule has 154 valence electrons. The second-order valence-corrected chi connectivity index (χ2v) is 6.47. The molecule has 1 atom stereocenters. The maximum absolute atomic E-state index is 13.6. The van der Waals surface area contributed by atoms with Crippen molar-refractivity contribution in [2.75, 3.05) is 12.4 Å². The average molecular weight is 411 g/mol. The van der Waals surface area contributed by atoms with Crippen LogP contribution in [-0.2, 0) is 14.3 Å². The third-order valence-electron chi connectivity index (χ3n) is 4.36. The van der Waals surface area contributed by atoms with Gasteiger partial charge in [-0.05, 0) is 59.7 Å². The molecule has 3 aromatic rings. The maximum Gasteiger partial charge on any atom is 0.331 e. The van der Waals surface area contributed by atoms with Gasteiger partial charge in [0, 0.05) is 6.08 Å². The zero-order valence-electron chi connectivity index (χ0n) is 16.3. The van der Waals surface area contributed by atoms with Crippen molar-refractivity contribution in [2.45, 2.75) is 13.0 Å². The van der Waals surface area contributed by atoms with Crippen molar-refractivity contribution in [2.24, 2.45) is 0 Å². The highest BCUT2D eigenvalue weighted by atomic mass is 19.1. The first-order valence-corrected chi connectivity index (χ1v) is 9.09. The van der Waals surface area contributed by atoms with Crippen LogP contribution in [0.15, 0.2) is 60.7 Å². The van der Waals surface area contributed by atoms with E-state index in [9.17, 15) is 18.4 Å². The van der Waals surface area contributed by atoms with Crippen LogP contribution in [0.4, 0.5) is 14.5 Å². The third kappa shape index (κ3) is 5.00. The Morgan fingerprint density at radius 3 is 2.37 bits per heavy atom. The maximum atomic E-state index is 13.6. The number of hydrogen-bond donors (Lipinski definition) is 1. The van der Waals surface area contributed by atoms with E-state index < -0.39 is 35.3 Å². The van der Waals surface area contributed by atoms with Gasteiger partial charge < -0.3 is 14.8 Å². The molecule has 0 bridgehead atoms. The van der Waals surface area contributed by atoms with Crippen molar-refractivity contribution in [3.8, 4) is 5.75 Å². The number of benzene rings is 3. The van der Waals surface area contributed by atoms with Crippen molar-refractivity contribution in [3.63, 3.8) is 0 Å². The molecule has 0 spiro atoms. The Morgan fingerprint density at radius 1 is 1.00 bits per heavy atom. The van der Waals surface area contributed by atoms with Crippen molar-refractivity contribution in [1.29, 1.82) is 0 Å². The summed E-state index contributed by atoms with van der Waals surface area (Å²) >= 11 is 0. The highest BCUT2D eigenvalue weighted by molar-refractivity contribution is 5.97. The molecule has 0 heterocycles. The van der Waals surface area contributed by atoms with Gasteiger partial charge in [0.25, 0.3) is 5.91 Å². The van der Waals surface area contributed by atoms with Crippen LogP contribution in [0.25, 0.3) is 16.8 Å².